The maximum Gasteiger partial charge on any atom is 0.0692 e. The van der Waals surface area contributed by atoms with Crippen LogP contribution in [0, 0.1) is 11.3 Å². The molecule has 0 aromatic carbocycles. The Hall–Kier alpha value is -0.900. The van der Waals surface area contributed by atoms with Crippen molar-refractivity contribution in [2.45, 2.75) is 51.5 Å². The Morgan fingerprint density at radius 3 is 2.61 bits per heavy atom. The molecule has 0 unspecified atom stereocenters. The second-order valence-corrected chi connectivity index (χ2v) is 6.05. The number of hydrogen-bond acceptors (Lipinski definition) is 3. The lowest BCUT2D eigenvalue weighted by Crippen LogP contribution is -2.45. The minimum Gasteiger partial charge on any atom is -0.317 e. The van der Waals surface area contributed by atoms with Crippen LogP contribution in [0.5, 0.6) is 0 Å². The number of piperidine rings is 1. The molecule has 4 heteroatoms. The van der Waals surface area contributed by atoms with Crippen LogP contribution in [0.3, 0.4) is 0 Å². The summed E-state index contributed by atoms with van der Waals surface area (Å²) in [6, 6.07) is 0. The van der Waals surface area contributed by atoms with E-state index in [1.54, 1.807) is 6.20 Å². The van der Waals surface area contributed by atoms with Crippen molar-refractivity contribution in [2.24, 2.45) is 11.3 Å². The highest BCUT2D eigenvalue weighted by atomic mass is 15.4. The van der Waals surface area contributed by atoms with Gasteiger partial charge in [0.05, 0.1) is 6.20 Å². The van der Waals surface area contributed by atoms with E-state index in [4.69, 9.17) is 0 Å². The van der Waals surface area contributed by atoms with Crippen LogP contribution in [0.25, 0.3) is 0 Å². The third-order valence-electron chi connectivity index (χ3n) is 5.02. The summed E-state index contributed by atoms with van der Waals surface area (Å²) in [5.74, 6) is 0.901. The van der Waals surface area contributed by atoms with Crippen molar-refractivity contribution in [1.82, 2.24) is 20.3 Å². The Bertz CT molecular complexity index is 348. The fraction of sp³-hybridized carbons (Fsp3) is 0.857. The SMILES string of the molecule is c1cn(CC2(C3CCCCC3)CCNCC2)nn1. The average Bonchev–Trinajstić information content (AvgIpc) is 2.94. The lowest BCUT2D eigenvalue weighted by atomic mass is 9.64. The van der Waals surface area contributed by atoms with Gasteiger partial charge in [0.2, 0.25) is 0 Å². The number of rotatable bonds is 3. The van der Waals surface area contributed by atoms with Gasteiger partial charge in [0.1, 0.15) is 0 Å². The molecule has 3 rings (SSSR count). The minimum absolute atomic E-state index is 0.472. The third kappa shape index (κ3) is 2.44. The topological polar surface area (TPSA) is 42.7 Å². The Balaban J connectivity index is 1.78. The van der Waals surface area contributed by atoms with E-state index in [1.807, 2.05) is 6.20 Å². The molecule has 1 N–H and O–H groups in total. The van der Waals surface area contributed by atoms with Crippen LogP contribution in [0.2, 0.25) is 0 Å². The first kappa shape index (κ1) is 12.2. The highest BCUT2D eigenvalue weighted by Crippen LogP contribution is 2.45. The van der Waals surface area contributed by atoms with Gasteiger partial charge in [0, 0.05) is 12.7 Å². The van der Waals surface area contributed by atoms with E-state index in [0.717, 1.165) is 12.5 Å². The molecule has 18 heavy (non-hydrogen) atoms. The quantitative estimate of drug-likeness (QED) is 0.892. The fourth-order valence-corrected chi connectivity index (χ4v) is 3.97. The van der Waals surface area contributed by atoms with Gasteiger partial charge in [-0.3, -0.25) is 4.68 Å². The van der Waals surface area contributed by atoms with E-state index in [-0.39, 0.29) is 0 Å². The first-order valence-corrected chi connectivity index (χ1v) is 7.44. The molecule has 0 bridgehead atoms. The van der Waals surface area contributed by atoms with Crippen molar-refractivity contribution in [3.8, 4) is 0 Å². The molecule has 0 radical (unpaired) electrons. The third-order valence-corrected chi connectivity index (χ3v) is 5.02. The largest absolute Gasteiger partial charge is 0.317 e. The van der Waals surface area contributed by atoms with Gasteiger partial charge in [-0.25, -0.2) is 0 Å². The first-order valence-electron chi connectivity index (χ1n) is 7.44. The van der Waals surface area contributed by atoms with Crippen molar-refractivity contribution in [3.05, 3.63) is 12.4 Å². The zero-order valence-electron chi connectivity index (χ0n) is 11.1. The van der Waals surface area contributed by atoms with Gasteiger partial charge in [-0.05, 0) is 50.1 Å². The predicted octanol–water partition coefficient (Wildman–Crippen LogP) is 2.23. The van der Waals surface area contributed by atoms with Gasteiger partial charge >= 0.3 is 0 Å². The molecule has 2 fully saturated rings. The minimum atomic E-state index is 0.472. The number of nitrogens with zero attached hydrogens (tertiary/aromatic N) is 3. The van der Waals surface area contributed by atoms with Crippen LogP contribution >= 0.6 is 0 Å². The molecule has 4 nitrogen and oxygen atoms in total. The van der Waals surface area contributed by atoms with Crippen LogP contribution in [-0.2, 0) is 6.54 Å². The highest BCUT2D eigenvalue weighted by molar-refractivity contribution is 4.92. The summed E-state index contributed by atoms with van der Waals surface area (Å²) in [7, 11) is 0. The second kappa shape index (κ2) is 5.39. The summed E-state index contributed by atoms with van der Waals surface area (Å²) in [5.41, 5.74) is 0.472. The maximum atomic E-state index is 4.20. The van der Waals surface area contributed by atoms with Gasteiger partial charge in [0.15, 0.2) is 0 Å². The van der Waals surface area contributed by atoms with E-state index < -0.39 is 0 Å². The molecule has 2 heterocycles. The average molecular weight is 248 g/mol. The standard InChI is InChI=1S/C14H24N4/c1-2-4-13(5-3-1)14(6-8-15-9-7-14)12-18-11-10-16-17-18/h10-11,13,15H,1-9,12H2. The zero-order chi connectivity index (χ0) is 12.3. The second-order valence-electron chi connectivity index (χ2n) is 6.05. The Morgan fingerprint density at radius 2 is 1.94 bits per heavy atom. The van der Waals surface area contributed by atoms with E-state index in [2.05, 4.69) is 20.3 Å². The highest BCUT2D eigenvalue weighted by Gasteiger charge is 2.40. The molecule has 2 aliphatic rings. The number of nitrogens with one attached hydrogen (secondary N) is 1. The number of aromatic nitrogens is 3. The summed E-state index contributed by atoms with van der Waals surface area (Å²) in [6.07, 6.45) is 13.6. The molecule has 100 valence electrons. The van der Waals surface area contributed by atoms with Crippen LogP contribution < -0.4 is 5.32 Å². The summed E-state index contributed by atoms with van der Waals surface area (Å²) >= 11 is 0. The van der Waals surface area contributed by atoms with Gasteiger partial charge in [-0.2, -0.15) is 0 Å². The van der Waals surface area contributed by atoms with Crippen LogP contribution in [0.4, 0.5) is 0 Å². The van der Waals surface area contributed by atoms with Crippen molar-refractivity contribution < 1.29 is 0 Å². The van der Waals surface area contributed by atoms with Crippen molar-refractivity contribution in [1.29, 1.82) is 0 Å². The maximum absolute atomic E-state index is 4.20. The zero-order valence-corrected chi connectivity index (χ0v) is 11.1. The molecule has 0 amide bonds. The molecule has 1 saturated carbocycles. The summed E-state index contributed by atoms with van der Waals surface area (Å²) < 4.78 is 2.06. The molecule has 1 aromatic heterocycles. The van der Waals surface area contributed by atoms with E-state index in [1.165, 1.54) is 58.0 Å². The van der Waals surface area contributed by atoms with Crippen LogP contribution in [0.15, 0.2) is 12.4 Å². The molecule has 1 aromatic rings. The van der Waals surface area contributed by atoms with E-state index in [9.17, 15) is 0 Å². The van der Waals surface area contributed by atoms with Crippen molar-refractivity contribution >= 4 is 0 Å². The molecule has 1 aliphatic carbocycles. The van der Waals surface area contributed by atoms with Gasteiger partial charge in [-0.1, -0.05) is 24.5 Å². The van der Waals surface area contributed by atoms with E-state index in [0.29, 0.717) is 5.41 Å². The predicted molar refractivity (Wildman–Crippen MR) is 71.1 cm³/mol. The normalized spacial score (nSPS) is 25.1. The summed E-state index contributed by atoms with van der Waals surface area (Å²) in [5, 5.41) is 11.7. The monoisotopic (exact) mass is 248 g/mol. The molecule has 0 atom stereocenters. The van der Waals surface area contributed by atoms with Crippen LogP contribution in [0.1, 0.15) is 44.9 Å². The van der Waals surface area contributed by atoms with Gasteiger partial charge < -0.3 is 5.32 Å². The lowest BCUT2D eigenvalue weighted by molar-refractivity contribution is 0.0509. The van der Waals surface area contributed by atoms with Gasteiger partial charge in [-0.15, -0.1) is 5.10 Å². The molecule has 1 saturated heterocycles. The van der Waals surface area contributed by atoms with Gasteiger partial charge in [0.25, 0.3) is 0 Å². The Kier molecular flexibility index (Phi) is 3.64. The van der Waals surface area contributed by atoms with Crippen LogP contribution in [-0.4, -0.2) is 28.1 Å². The van der Waals surface area contributed by atoms with Crippen molar-refractivity contribution in [2.75, 3.05) is 13.1 Å². The molecular formula is C14H24N4. The summed E-state index contributed by atoms with van der Waals surface area (Å²) in [4.78, 5) is 0. The van der Waals surface area contributed by atoms with E-state index >= 15 is 0 Å². The smallest absolute Gasteiger partial charge is 0.0692 e. The number of hydrogen-bond donors (Lipinski definition) is 1. The molecule has 1 aliphatic heterocycles. The lowest BCUT2D eigenvalue weighted by Gasteiger charge is -2.45. The first-order chi connectivity index (χ1) is 8.89. The fourth-order valence-electron chi connectivity index (χ4n) is 3.97. The molecule has 0 spiro atoms. The van der Waals surface area contributed by atoms with Crippen molar-refractivity contribution in [3.63, 3.8) is 0 Å². The Morgan fingerprint density at radius 1 is 1.17 bits per heavy atom. The Labute approximate surface area is 109 Å². The molecular weight excluding hydrogens is 224 g/mol. The summed E-state index contributed by atoms with van der Waals surface area (Å²) in [6.45, 7) is 3.41.